The van der Waals surface area contributed by atoms with Gasteiger partial charge in [-0.1, -0.05) is 12.2 Å². The smallest absolute Gasteiger partial charge is 0.331 e. The van der Waals surface area contributed by atoms with Gasteiger partial charge in [0.05, 0.1) is 6.61 Å². The van der Waals surface area contributed by atoms with Gasteiger partial charge >= 0.3 is 5.97 Å². The zero-order valence-electron chi connectivity index (χ0n) is 11.3. The van der Waals surface area contributed by atoms with Gasteiger partial charge in [-0.05, 0) is 32.6 Å². The van der Waals surface area contributed by atoms with Crippen LogP contribution in [0.1, 0.15) is 39.5 Å². The first kappa shape index (κ1) is 16.4. The number of carbonyl (C=O) groups is 2. The van der Waals surface area contributed by atoms with Crippen molar-refractivity contribution < 1.29 is 14.3 Å². The average molecular weight is 253 g/mol. The molecule has 0 heterocycles. The topological polar surface area (TPSA) is 55.4 Å². The van der Waals surface area contributed by atoms with E-state index in [2.05, 4.69) is 18.5 Å². The Morgan fingerprint density at radius 3 is 2.06 bits per heavy atom. The Morgan fingerprint density at radius 1 is 1.22 bits per heavy atom. The molecule has 0 aliphatic rings. The molecule has 0 aromatic heterocycles. The second kappa shape index (κ2) is 8.50. The van der Waals surface area contributed by atoms with E-state index in [1.54, 1.807) is 19.1 Å². The third-order valence-electron chi connectivity index (χ3n) is 2.63. The minimum atomic E-state index is -0.968. The Morgan fingerprint density at radius 2 is 1.72 bits per heavy atom. The maximum absolute atomic E-state index is 12.1. The predicted octanol–water partition coefficient (Wildman–Crippen LogP) is 2.36. The molecule has 0 aliphatic heterocycles. The van der Waals surface area contributed by atoms with Crippen molar-refractivity contribution in [2.45, 2.75) is 45.1 Å². The number of ether oxygens (including phenoxy) is 1. The number of hydrogen-bond acceptors (Lipinski definition) is 3. The summed E-state index contributed by atoms with van der Waals surface area (Å²) < 4.78 is 5.08. The Bertz CT molecular complexity index is 298. The van der Waals surface area contributed by atoms with Gasteiger partial charge in [0, 0.05) is 6.92 Å². The molecule has 0 aliphatic carbocycles. The molecule has 1 N–H and O–H groups in total. The van der Waals surface area contributed by atoms with E-state index < -0.39 is 5.54 Å². The SMILES string of the molecule is C=CCCC(CCC=C)(NC(C)=O)C(=O)OCC. The Labute approximate surface area is 109 Å². The monoisotopic (exact) mass is 253 g/mol. The summed E-state index contributed by atoms with van der Waals surface area (Å²) >= 11 is 0. The molecule has 0 saturated carbocycles. The van der Waals surface area contributed by atoms with E-state index in [-0.39, 0.29) is 11.9 Å². The predicted molar refractivity (Wildman–Crippen MR) is 72.0 cm³/mol. The fourth-order valence-corrected chi connectivity index (χ4v) is 1.81. The molecule has 102 valence electrons. The van der Waals surface area contributed by atoms with Gasteiger partial charge in [-0.25, -0.2) is 4.79 Å². The summed E-state index contributed by atoms with van der Waals surface area (Å²) in [5, 5.41) is 2.74. The van der Waals surface area contributed by atoms with E-state index in [4.69, 9.17) is 4.74 Å². The lowest BCUT2D eigenvalue weighted by Crippen LogP contribution is -2.54. The van der Waals surface area contributed by atoms with E-state index in [1.807, 2.05) is 0 Å². The highest BCUT2D eigenvalue weighted by atomic mass is 16.5. The minimum absolute atomic E-state index is 0.240. The van der Waals surface area contributed by atoms with Crippen molar-refractivity contribution in [3.63, 3.8) is 0 Å². The Balaban J connectivity index is 5.07. The Kier molecular flexibility index (Phi) is 7.76. The summed E-state index contributed by atoms with van der Waals surface area (Å²) in [6.45, 7) is 10.7. The van der Waals surface area contributed by atoms with Gasteiger partial charge in [0.25, 0.3) is 0 Å². The maximum Gasteiger partial charge on any atom is 0.331 e. The molecule has 0 saturated heterocycles. The minimum Gasteiger partial charge on any atom is -0.464 e. The quantitative estimate of drug-likeness (QED) is 0.507. The van der Waals surface area contributed by atoms with Gasteiger partial charge in [-0.3, -0.25) is 4.79 Å². The average Bonchev–Trinajstić information content (AvgIpc) is 2.32. The first-order chi connectivity index (χ1) is 8.52. The molecule has 0 unspecified atom stereocenters. The van der Waals surface area contributed by atoms with Crippen LogP contribution in [-0.4, -0.2) is 24.0 Å². The van der Waals surface area contributed by atoms with Crippen molar-refractivity contribution in [3.05, 3.63) is 25.3 Å². The lowest BCUT2D eigenvalue weighted by atomic mass is 9.87. The van der Waals surface area contributed by atoms with Gasteiger partial charge in [0.2, 0.25) is 5.91 Å². The third kappa shape index (κ3) is 5.17. The van der Waals surface area contributed by atoms with Crippen LogP contribution in [0.15, 0.2) is 25.3 Å². The molecule has 0 rings (SSSR count). The van der Waals surface area contributed by atoms with Gasteiger partial charge in [-0.2, -0.15) is 0 Å². The normalized spacial score (nSPS) is 10.6. The van der Waals surface area contributed by atoms with E-state index in [0.717, 1.165) is 0 Å². The molecule has 1 amide bonds. The van der Waals surface area contributed by atoms with Crippen LogP contribution < -0.4 is 5.32 Å². The van der Waals surface area contributed by atoms with Crippen LogP contribution in [0.4, 0.5) is 0 Å². The van der Waals surface area contributed by atoms with Crippen LogP contribution >= 0.6 is 0 Å². The van der Waals surface area contributed by atoms with E-state index in [9.17, 15) is 9.59 Å². The van der Waals surface area contributed by atoms with Crippen LogP contribution in [0.5, 0.6) is 0 Å². The molecule has 4 nitrogen and oxygen atoms in total. The second-order valence-electron chi connectivity index (χ2n) is 4.14. The van der Waals surface area contributed by atoms with E-state index in [1.165, 1.54) is 6.92 Å². The zero-order valence-corrected chi connectivity index (χ0v) is 11.3. The molecule has 0 bridgehead atoms. The van der Waals surface area contributed by atoms with Crippen molar-refractivity contribution in [2.24, 2.45) is 0 Å². The molecule has 0 aromatic carbocycles. The molecule has 0 atom stereocenters. The molecule has 0 spiro atoms. The number of nitrogens with one attached hydrogen (secondary N) is 1. The summed E-state index contributed by atoms with van der Waals surface area (Å²) in [7, 11) is 0. The fraction of sp³-hybridized carbons (Fsp3) is 0.571. The molecule has 18 heavy (non-hydrogen) atoms. The first-order valence-electron chi connectivity index (χ1n) is 6.20. The highest BCUT2D eigenvalue weighted by molar-refractivity contribution is 5.87. The number of allylic oxidation sites excluding steroid dienone is 2. The van der Waals surface area contributed by atoms with E-state index >= 15 is 0 Å². The summed E-state index contributed by atoms with van der Waals surface area (Å²) in [6.07, 6.45) is 5.70. The molecular weight excluding hydrogens is 230 g/mol. The zero-order chi connectivity index (χ0) is 14.0. The van der Waals surface area contributed by atoms with Crippen LogP contribution in [0, 0.1) is 0 Å². The highest BCUT2D eigenvalue weighted by Gasteiger charge is 2.39. The summed E-state index contributed by atoms with van der Waals surface area (Å²) in [5.41, 5.74) is -0.968. The van der Waals surface area contributed by atoms with Crippen molar-refractivity contribution in [1.29, 1.82) is 0 Å². The maximum atomic E-state index is 12.1. The first-order valence-corrected chi connectivity index (χ1v) is 6.20. The highest BCUT2D eigenvalue weighted by Crippen LogP contribution is 2.22. The van der Waals surface area contributed by atoms with Gasteiger partial charge in [-0.15, -0.1) is 13.2 Å². The van der Waals surface area contributed by atoms with Crippen LogP contribution in [-0.2, 0) is 14.3 Å². The fourth-order valence-electron chi connectivity index (χ4n) is 1.81. The van der Waals surface area contributed by atoms with E-state index in [0.29, 0.717) is 32.3 Å². The van der Waals surface area contributed by atoms with Gasteiger partial charge in [0.1, 0.15) is 5.54 Å². The van der Waals surface area contributed by atoms with Gasteiger partial charge in [0.15, 0.2) is 0 Å². The van der Waals surface area contributed by atoms with Crippen LogP contribution in [0.2, 0.25) is 0 Å². The molecule has 0 aromatic rings. The molecule has 4 heteroatoms. The molecule has 0 fully saturated rings. The van der Waals surface area contributed by atoms with Crippen molar-refractivity contribution >= 4 is 11.9 Å². The number of hydrogen-bond donors (Lipinski definition) is 1. The number of rotatable bonds is 9. The number of carbonyl (C=O) groups excluding carboxylic acids is 2. The van der Waals surface area contributed by atoms with Crippen LogP contribution in [0.25, 0.3) is 0 Å². The van der Waals surface area contributed by atoms with Gasteiger partial charge < -0.3 is 10.1 Å². The number of amides is 1. The lowest BCUT2D eigenvalue weighted by Gasteiger charge is -2.31. The lowest BCUT2D eigenvalue weighted by molar-refractivity contribution is -0.154. The second-order valence-corrected chi connectivity index (χ2v) is 4.14. The summed E-state index contributed by atoms with van der Waals surface area (Å²) in [6, 6.07) is 0. The van der Waals surface area contributed by atoms with Crippen molar-refractivity contribution in [3.8, 4) is 0 Å². The summed E-state index contributed by atoms with van der Waals surface area (Å²) in [4.78, 5) is 23.4. The Hall–Kier alpha value is -1.58. The molecular formula is C14H23NO3. The van der Waals surface area contributed by atoms with Crippen molar-refractivity contribution in [2.75, 3.05) is 6.61 Å². The number of esters is 1. The largest absolute Gasteiger partial charge is 0.464 e. The summed E-state index contributed by atoms with van der Waals surface area (Å²) in [5.74, 6) is -0.625. The van der Waals surface area contributed by atoms with Crippen LogP contribution in [0.3, 0.4) is 0 Å². The van der Waals surface area contributed by atoms with Crippen molar-refractivity contribution in [1.82, 2.24) is 5.32 Å². The standard InChI is InChI=1S/C14H23NO3/c1-5-8-10-14(11-9-6-2,15-12(4)16)13(17)18-7-3/h5-6H,1-2,7-11H2,3-4H3,(H,15,16). The third-order valence-corrected chi connectivity index (χ3v) is 2.63. The molecule has 0 radical (unpaired) electrons.